The van der Waals surface area contributed by atoms with Crippen LogP contribution in [0.5, 0.6) is 5.75 Å². The molecule has 9 heteroatoms. The first kappa shape index (κ1) is 19.2. The lowest BCUT2D eigenvalue weighted by molar-refractivity contribution is -0.0522. The molecule has 6 nitrogen and oxygen atoms in total. The number of ether oxygens (including phenoxy) is 1. The fourth-order valence-corrected chi connectivity index (χ4v) is 2.41. The highest BCUT2D eigenvalue weighted by Crippen LogP contribution is 2.20. The zero-order valence-electron chi connectivity index (χ0n) is 14.3. The van der Waals surface area contributed by atoms with Gasteiger partial charge in [-0.05, 0) is 35.9 Å². The van der Waals surface area contributed by atoms with Crippen LogP contribution in [0.1, 0.15) is 16.1 Å². The van der Waals surface area contributed by atoms with Gasteiger partial charge in [-0.15, -0.1) is 0 Å². The molecule has 3 rings (SSSR count). The van der Waals surface area contributed by atoms with E-state index in [1.165, 1.54) is 18.2 Å². The Labute approximate surface area is 157 Å². The second-order valence-corrected chi connectivity index (χ2v) is 5.63. The normalized spacial score (nSPS) is 10.7. The molecule has 144 valence electrons. The highest BCUT2D eigenvalue weighted by Gasteiger charge is 2.13. The summed E-state index contributed by atoms with van der Waals surface area (Å²) >= 11 is 0. The second-order valence-electron chi connectivity index (χ2n) is 5.63. The summed E-state index contributed by atoms with van der Waals surface area (Å²) in [5.41, 5.74) is 0.420. The first-order valence-corrected chi connectivity index (χ1v) is 8.11. The summed E-state index contributed by atoms with van der Waals surface area (Å²) in [6, 6.07) is 14.4. The molecule has 2 aromatic carbocycles. The zero-order chi connectivity index (χ0) is 20.1. The summed E-state index contributed by atoms with van der Waals surface area (Å²) in [6.45, 7) is -3.21. The van der Waals surface area contributed by atoms with Crippen molar-refractivity contribution >= 4 is 5.91 Å². The second kappa shape index (κ2) is 8.38. The van der Waals surface area contributed by atoms with Gasteiger partial charge in [0.15, 0.2) is 11.6 Å². The molecule has 1 aromatic heterocycles. The summed E-state index contributed by atoms with van der Waals surface area (Å²) in [4.78, 5) is 24.3. The Bertz CT molecular complexity index is 1040. The Kier molecular flexibility index (Phi) is 5.73. The number of rotatable bonds is 6. The van der Waals surface area contributed by atoms with Crippen LogP contribution in [0.2, 0.25) is 0 Å². The monoisotopic (exact) mass is 389 g/mol. The van der Waals surface area contributed by atoms with Crippen molar-refractivity contribution in [3.8, 4) is 11.4 Å². The molecule has 3 aromatic rings. The number of halogens is 3. The lowest BCUT2D eigenvalue weighted by Gasteiger charge is -2.09. The van der Waals surface area contributed by atoms with Crippen LogP contribution in [0.15, 0.2) is 65.5 Å². The van der Waals surface area contributed by atoms with Crippen molar-refractivity contribution in [2.45, 2.75) is 13.2 Å². The summed E-state index contributed by atoms with van der Waals surface area (Å²) in [5.74, 6) is -2.14. The number of alkyl halides is 2. The Morgan fingerprint density at radius 1 is 1.11 bits per heavy atom. The molecule has 0 unspecified atom stereocenters. The smallest absolute Gasteiger partial charge is 0.387 e. The van der Waals surface area contributed by atoms with Crippen LogP contribution in [0.4, 0.5) is 13.2 Å². The summed E-state index contributed by atoms with van der Waals surface area (Å²) in [7, 11) is 0. The van der Waals surface area contributed by atoms with Crippen LogP contribution in [-0.2, 0) is 6.54 Å². The van der Waals surface area contributed by atoms with Crippen molar-refractivity contribution in [3.63, 3.8) is 0 Å². The number of hydrogen-bond donors (Lipinski definition) is 1. The molecule has 0 aliphatic carbocycles. The zero-order valence-corrected chi connectivity index (χ0v) is 14.3. The van der Waals surface area contributed by atoms with Gasteiger partial charge in [-0.1, -0.05) is 24.3 Å². The number of carbonyl (C=O) groups excluding carboxylic acids is 1. The van der Waals surface area contributed by atoms with E-state index in [1.807, 2.05) is 0 Å². The van der Waals surface area contributed by atoms with E-state index in [0.717, 1.165) is 16.8 Å². The highest BCUT2D eigenvalue weighted by atomic mass is 19.3. The van der Waals surface area contributed by atoms with Crippen LogP contribution >= 0.6 is 0 Å². The number of nitrogens with one attached hydrogen (secondary N) is 1. The van der Waals surface area contributed by atoms with E-state index >= 15 is 0 Å². The van der Waals surface area contributed by atoms with Crippen molar-refractivity contribution < 1.29 is 22.7 Å². The predicted molar refractivity (Wildman–Crippen MR) is 94.0 cm³/mol. The average molecular weight is 389 g/mol. The van der Waals surface area contributed by atoms with Gasteiger partial charge in [0.1, 0.15) is 5.69 Å². The van der Waals surface area contributed by atoms with E-state index in [2.05, 4.69) is 15.2 Å². The molecule has 0 radical (unpaired) electrons. The molecule has 28 heavy (non-hydrogen) atoms. The molecule has 0 aliphatic heterocycles. The maximum atomic E-state index is 13.7. The lowest BCUT2D eigenvalue weighted by Crippen LogP contribution is -2.28. The highest BCUT2D eigenvalue weighted by molar-refractivity contribution is 5.92. The van der Waals surface area contributed by atoms with Crippen LogP contribution in [0, 0.1) is 5.82 Å². The fourth-order valence-electron chi connectivity index (χ4n) is 2.41. The van der Waals surface area contributed by atoms with E-state index in [-0.39, 0.29) is 12.2 Å². The van der Waals surface area contributed by atoms with Gasteiger partial charge in [0, 0.05) is 12.6 Å². The number of hydrogen-bond acceptors (Lipinski definition) is 4. The Balaban J connectivity index is 1.72. The van der Waals surface area contributed by atoms with Gasteiger partial charge in [0.25, 0.3) is 11.5 Å². The van der Waals surface area contributed by atoms with Gasteiger partial charge in [0.05, 0.1) is 5.69 Å². The fraction of sp³-hybridized carbons (Fsp3) is 0.105. The van der Waals surface area contributed by atoms with Gasteiger partial charge in [-0.25, -0.2) is 4.39 Å². The van der Waals surface area contributed by atoms with E-state index in [9.17, 15) is 22.8 Å². The van der Waals surface area contributed by atoms with Crippen LogP contribution in [0.25, 0.3) is 5.69 Å². The molecule has 1 amide bonds. The topological polar surface area (TPSA) is 73.2 Å². The number of benzene rings is 2. The molecule has 1 N–H and O–H groups in total. The van der Waals surface area contributed by atoms with Crippen molar-refractivity contribution in [2.24, 2.45) is 0 Å². The van der Waals surface area contributed by atoms with Crippen molar-refractivity contribution in [1.82, 2.24) is 15.1 Å². The third-order valence-corrected chi connectivity index (χ3v) is 3.70. The molecular weight excluding hydrogens is 375 g/mol. The standard InChI is InChI=1S/C19H14F3N3O3/c20-14-10-12(6-8-16(14)28-19(21)22)11-23-18(27)15-7-9-17(26)25(24-15)13-4-2-1-3-5-13/h1-10,19H,11H2,(H,23,27). The molecule has 0 spiro atoms. The minimum absolute atomic E-state index is 0.0124. The third kappa shape index (κ3) is 4.56. The summed E-state index contributed by atoms with van der Waals surface area (Å²) in [5, 5.41) is 6.56. The summed E-state index contributed by atoms with van der Waals surface area (Å²) < 4.78 is 43.1. The van der Waals surface area contributed by atoms with Gasteiger partial charge >= 0.3 is 6.61 Å². The van der Waals surface area contributed by atoms with E-state index in [0.29, 0.717) is 11.3 Å². The number of amides is 1. The Hall–Kier alpha value is -3.62. The molecule has 0 fully saturated rings. The van der Waals surface area contributed by atoms with Crippen LogP contribution in [-0.4, -0.2) is 22.3 Å². The van der Waals surface area contributed by atoms with E-state index < -0.39 is 29.6 Å². The molecule has 0 atom stereocenters. The number of para-hydroxylation sites is 1. The van der Waals surface area contributed by atoms with Gasteiger partial charge < -0.3 is 10.1 Å². The van der Waals surface area contributed by atoms with Gasteiger partial charge in [0.2, 0.25) is 0 Å². The Morgan fingerprint density at radius 3 is 2.54 bits per heavy atom. The number of carbonyl (C=O) groups is 1. The van der Waals surface area contributed by atoms with Gasteiger partial charge in [-0.3, -0.25) is 9.59 Å². The molecule has 0 saturated heterocycles. The maximum absolute atomic E-state index is 13.7. The van der Waals surface area contributed by atoms with E-state index in [4.69, 9.17) is 0 Å². The Morgan fingerprint density at radius 2 is 1.86 bits per heavy atom. The summed E-state index contributed by atoms with van der Waals surface area (Å²) in [6.07, 6.45) is 0. The van der Waals surface area contributed by atoms with Gasteiger partial charge in [-0.2, -0.15) is 18.6 Å². The molecule has 0 bridgehead atoms. The minimum Gasteiger partial charge on any atom is -0.432 e. The van der Waals surface area contributed by atoms with Crippen molar-refractivity contribution in [2.75, 3.05) is 0 Å². The molecule has 1 heterocycles. The first-order chi connectivity index (χ1) is 13.4. The molecular formula is C19H14F3N3O3. The third-order valence-electron chi connectivity index (χ3n) is 3.70. The van der Waals surface area contributed by atoms with E-state index in [1.54, 1.807) is 30.3 Å². The average Bonchev–Trinajstić information content (AvgIpc) is 2.69. The SMILES string of the molecule is O=C(NCc1ccc(OC(F)F)c(F)c1)c1ccc(=O)n(-c2ccccc2)n1. The molecule has 0 aliphatic rings. The van der Waals surface area contributed by atoms with Crippen LogP contribution in [0.3, 0.4) is 0 Å². The first-order valence-electron chi connectivity index (χ1n) is 8.11. The van der Waals surface area contributed by atoms with Crippen LogP contribution < -0.4 is 15.6 Å². The minimum atomic E-state index is -3.13. The predicted octanol–water partition coefficient (Wildman–Crippen LogP) is 2.90. The largest absolute Gasteiger partial charge is 0.432 e. The number of aromatic nitrogens is 2. The maximum Gasteiger partial charge on any atom is 0.387 e. The van der Waals surface area contributed by atoms with Crippen molar-refractivity contribution in [1.29, 1.82) is 0 Å². The number of nitrogens with zero attached hydrogens (tertiary/aromatic N) is 2. The lowest BCUT2D eigenvalue weighted by atomic mass is 10.2. The quantitative estimate of drug-likeness (QED) is 0.704. The van der Waals surface area contributed by atoms with Crippen molar-refractivity contribution in [3.05, 3.63) is 88.1 Å². The molecule has 0 saturated carbocycles.